The summed E-state index contributed by atoms with van der Waals surface area (Å²) in [5, 5.41) is 19.6. The van der Waals surface area contributed by atoms with E-state index in [1.165, 1.54) is 0 Å². The summed E-state index contributed by atoms with van der Waals surface area (Å²) >= 11 is 0. The highest BCUT2D eigenvalue weighted by Crippen LogP contribution is 2.17. The second-order valence-corrected chi connectivity index (χ2v) is 3.83. The number of carboxylic acids is 1. The molecule has 0 aromatic heterocycles. The number of nitrogens with one attached hydrogen (secondary N) is 1. The Morgan fingerprint density at radius 2 is 1.75 bits per heavy atom. The lowest BCUT2D eigenvalue weighted by Gasteiger charge is -2.12. The van der Waals surface area contributed by atoms with E-state index in [4.69, 9.17) is 19.7 Å². The highest BCUT2D eigenvalue weighted by atomic mass is 16.5. The van der Waals surface area contributed by atoms with E-state index in [1.807, 2.05) is 6.92 Å². The molecule has 20 heavy (non-hydrogen) atoms. The van der Waals surface area contributed by atoms with E-state index in [0.717, 1.165) is 0 Å². The molecule has 1 amide bonds. The molecule has 0 aliphatic heterocycles. The Morgan fingerprint density at radius 1 is 1.20 bits per heavy atom. The Balaban J connectivity index is 2.42. The Labute approximate surface area is 116 Å². The summed E-state index contributed by atoms with van der Waals surface area (Å²) in [6, 6.07) is 5.35. The van der Waals surface area contributed by atoms with Gasteiger partial charge in [0, 0.05) is 0 Å². The summed E-state index contributed by atoms with van der Waals surface area (Å²) in [6.07, 6.45) is 0. The third-order valence-corrected chi connectivity index (χ3v) is 2.32. The Morgan fingerprint density at radius 3 is 2.20 bits per heavy atom. The molecular formula is C13H17NO6. The number of ether oxygens (including phenoxy) is 2. The van der Waals surface area contributed by atoms with Gasteiger partial charge in [-0.25, -0.2) is 4.79 Å². The molecule has 1 rings (SSSR count). The van der Waals surface area contributed by atoms with Gasteiger partial charge < -0.3 is 25.0 Å². The van der Waals surface area contributed by atoms with Crippen molar-refractivity contribution in [3.05, 3.63) is 24.3 Å². The zero-order chi connectivity index (χ0) is 15.0. The van der Waals surface area contributed by atoms with Crippen LogP contribution in [0.15, 0.2) is 24.3 Å². The monoisotopic (exact) mass is 283 g/mol. The van der Waals surface area contributed by atoms with Crippen LogP contribution in [-0.4, -0.2) is 48.0 Å². The summed E-state index contributed by atoms with van der Waals surface area (Å²) in [5.74, 6) is -0.780. The van der Waals surface area contributed by atoms with E-state index >= 15 is 0 Å². The van der Waals surface area contributed by atoms with Crippen LogP contribution in [0.1, 0.15) is 6.92 Å². The van der Waals surface area contributed by atoms with E-state index in [9.17, 15) is 9.59 Å². The molecule has 0 saturated carbocycles. The summed E-state index contributed by atoms with van der Waals surface area (Å²) in [7, 11) is 0. The van der Waals surface area contributed by atoms with Crippen molar-refractivity contribution in [2.75, 3.05) is 19.8 Å². The maximum absolute atomic E-state index is 11.4. The number of rotatable bonds is 8. The molecule has 0 radical (unpaired) electrons. The average Bonchev–Trinajstić information content (AvgIpc) is 2.44. The molecule has 0 saturated heterocycles. The number of aliphatic hydroxyl groups is 1. The highest BCUT2D eigenvalue weighted by molar-refractivity contribution is 5.84. The second kappa shape index (κ2) is 8.00. The number of benzene rings is 1. The van der Waals surface area contributed by atoms with Crippen LogP contribution < -0.4 is 14.8 Å². The van der Waals surface area contributed by atoms with E-state index in [1.54, 1.807) is 24.3 Å². The first kappa shape index (κ1) is 15.8. The quantitative estimate of drug-likeness (QED) is 0.621. The number of amides is 1. The predicted octanol–water partition coefficient (Wildman–Crippen LogP) is 0.0258. The number of hydrogen-bond donors (Lipinski definition) is 3. The van der Waals surface area contributed by atoms with Crippen LogP contribution in [0.25, 0.3) is 0 Å². The molecule has 1 unspecified atom stereocenters. The molecule has 0 heterocycles. The van der Waals surface area contributed by atoms with Gasteiger partial charge in [-0.2, -0.15) is 0 Å². The lowest BCUT2D eigenvalue weighted by atomic mass is 10.3. The summed E-state index contributed by atoms with van der Waals surface area (Å²) in [5.41, 5.74) is 0. The fourth-order valence-electron chi connectivity index (χ4n) is 1.37. The van der Waals surface area contributed by atoms with Gasteiger partial charge in [0.25, 0.3) is 5.91 Å². The first-order valence-corrected chi connectivity index (χ1v) is 6.05. The van der Waals surface area contributed by atoms with E-state index in [0.29, 0.717) is 18.1 Å². The minimum Gasteiger partial charge on any atom is -0.494 e. The molecule has 0 aliphatic rings. The van der Waals surface area contributed by atoms with Crippen molar-refractivity contribution < 1.29 is 29.3 Å². The maximum atomic E-state index is 11.4. The molecule has 3 N–H and O–H groups in total. The van der Waals surface area contributed by atoms with Crippen molar-refractivity contribution in [2.24, 2.45) is 0 Å². The molecule has 1 aromatic rings. The van der Waals surface area contributed by atoms with Gasteiger partial charge in [0.15, 0.2) is 6.61 Å². The summed E-state index contributed by atoms with van der Waals surface area (Å²) < 4.78 is 10.4. The van der Waals surface area contributed by atoms with Crippen LogP contribution in [0.2, 0.25) is 0 Å². The average molecular weight is 283 g/mol. The van der Waals surface area contributed by atoms with Crippen LogP contribution in [0, 0.1) is 0 Å². The Kier molecular flexibility index (Phi) is 6.31. The van der Waals surface area contributed by atoms with E-state index < -0.39 is 24.5 Å². The number of aliphatic carboxylic acids is 1. The zero-order valence-corrected chi connectivity index (χ0v) is 11.0. The number of aliphatic hydroxyl groups excluding tert-OH is 1. The SMILES string of the molecule is CCOc1ccc(OCC(=O)NC(CO)C(=O)O)cc1. The molecule has 110 valence electrons. The minimum absolute atomic E-state index is 0.336. The molecule has 0 fully saturated rings. The van der Waals surface area contributed by atoms with Crippen LogP contribution in [-0.2, 0) is 9.59 Å². The Bertz CT molecular complexity index is 445. The van der Waals surface area contributed by atoms with Crippen LogP contribution in [0.4, 0.5) is 0 Å². The van der Waals surface area contributed by atoms with Gasteiger partial charge in [-0.3, -0.25) is 4.79 Å². The van der Waals surface area contributed by atoms with Gasteiger partial charge in [-0.05, 0) is 31.2 Å². The minimum atomic E-state index is -1.33. The van der Waals surface area contributed by atoms with Gasteiger partial charge in [-0.1, -0.05) is 0 Å². The van der Waals surface area contributed by atoms with Gasteiger partial charge >= 0.3 is 5.97 Å². The van der Waals surface area contributed by atoms with Crippen molar-refractivity contribution in [3.63, 3.8) is 0 Å². The number of carboxylic acid groups (broad SMARTS) is 1. The Hall–Kier alpha value is -2.28. The lowest BCUT2D eigenvalue weighted by Crippen LogP contribution is -2.45. The van der Waals surface area contributed by atoms with Crippen molar-refractivity contribution in [2.45, 2.75) is 13.0 Å². The zero-order valence-electron chi connectivity index (χ0n) is 11.0. The molecule has 0 spiro atoms. The maximum Gasteiger partial charge on any atom is 0.328 e. The van der Waals surface area contributed by atoms with Crippen molar-refractivity contribution in [1.29, 1.82) is 0 Å². The fraction of sp³-hybridized carbons (Fsp3) is 0.385. The van der Waals surface area contributed by atoms with E-state index in [2.05, 4.69) is 5.32 Å². The smallest absolute Gasteiger partial charge is 0.328 e. The van der Waals surface area contributed by atoms with Crippen molar-refractivity contribution in [1.82, 2.24) is 5.32 Å². The molecule has 0 aliphatic carbocycles. The fourth-order valence-corrected chi connectivity index (χ4v) is 1.37. The lowest BCUT2D eigenvalue weighted by molar-refractivity contribution is -0.143. The topological polar surface area (TPSA) is 105 Å². The third-order valence-electron chi connectivity index (χ3n) is 2.32. The molecule has 7 nitrogen and oxygen atoms in total. The third kappa shape index (κ3) is 5.15. The predicted molar refractivity (Wildman–Crippen MR) is 69.8 cm³/mol. The number of carbonyl (C=O) groups excluding carboxylic acids is 1. The largest absolute Gasteiger partial charge is 0.494 e. The summed E-state index contributed by atoms with van der Waals surface area (Å²) in [4.78, 5) is 22.0. The van der Waals surface area contributed by atoms with Crippen LogP contribution in [0.5, 0.6) is 11.5 Å². The standard InChI is InChI=1S/C13H17NO6/c1-2-19-9-3-5-10(6-4-9)20-8-12(16)14-11(7-15)13(17)18/h3-6,11,15H,2,7-8H2,1H3,(H,14,16)(H,17,18). The number of carbonyl (C=O) groups is 2. The van der Waals surface area contributed by atoms with Crippen molar-refractivity contribution in [3.8, 4) is 11.5 Å². The molecular weight excluding hydrogens is 266 g/mol. The van der Waals surface area contributed by atoms with Gasteiger partial charge in [-0.15, -0.1) is 0 Å². The summed E-state index contributed by atoms with van der Waals surface area (Å²) in [6.45, 7) is 1.41. The van der Waals surface area contributed by atoms with Crippen LogP contribution >= 0.6 is 0 Å². The molecule has 1 aromatic carbocycles. The number of hydrogen-bond acceptors (Lipinski definition) is 5. The molecule has 1 atom stereocenters. The van der Waals surface area contributed by atoms with Crippen molar-refractivity contribution >= 4 is 11.9 Å². The highest BCUT2D eigenvalue weighted by Gasteiger charge is 2.18. The van der Waals surface area contributed by atoms with Gasteiger partial charge in [0.2, 0.25) is 0 Å². The van der Waals surface area contributed by atoms with Gasteiger partial charge in [0.05, 0.1) is 13.2 Å². The second-order valence-electron chi connectivity index (χ2n) is 3.83. The van der Waals surface area contributed by atoms with Gasteiger partial charge in [0.1, 0.15) is 17.5 Å². The van der Waals surface area contributed by atoms with E-state index in [-0.39, 0.29) is 6.61 Å². The van der Waals surface area contributed by atoms with Crippen LogP contribution in [0.3, 0.4) is 0 Å². The molecule has 7 heteroatoms. The first-order chi connectivity index (χ1) is 9.56. The molecule has 0 bridgehead atoms. The normalized spacial score (nSPS) is 11.5. The first-order valence-electron chi connectivity index (χ1n) is 6.05.